The van der Waals surface area contributed by atoms with Crippen molar-refractivity contribution in [2.45, 2.75) is 57.2 Å². The van der Waals surface area contributed by atoms with E-state index in [2.05, 4.69) is 4.90 Å². The van der Waals surface area contributed by atoms with Gasteiger partial charge in [-0.25, -0.2) is 0 Å². The number of ether oxygens (including phenoxy) is 1. The predicted molar refractivity (Wildman–Crippen MR) is 65.0 cm³/mol. The number of carboxylic acids is 1. The van der Waals surface area contributed by atoms with Gasteiger partial charge in [-0.3, -0.25) is 9.69 Å². The molecule has 1 heterocycles. The van der Waals surface area contributed by atoms with Crippen LogP contribution in [0.25, 0.3) is 0 Å². The number of hydrogen-bond donors (Lipinski definition) is 1. The fourth-order valence-electron chi connectivity index (χ4n) is 3.49. The fourth-order valence-corrected chi connectivity index (χ4v) is 3.49. The predicted octanol–water partition coefficient (Wildman–Crippen LogP) is 1.74. The Morgan fingerprint density at radius 3 is 2.59 bits per heavy atom. The van der Waals surface area contributed by atoms with Gasteiger partial charge in [0.1, 0.15) is 0 Å². The van der Waals surface area contributed by atoms with Gasteiger partial charge in [-0.1, -0.05) is 12.8 Å². The molecule has 0 radical (unpaired) electrons. The Labute approximate surface area is 103 Å². The number of rotatable bonds is 3. The Balaban J connectivity index is 2.04. The third kappa shape index (κ3) is 2.47. The van der Waals surface area contributed by atoms with Crippen molar-refractivity contribution in [1.29, 1.82) is 0 Å². The smallest absolute Gasteiger partial charge is 0.308 e. The van der Waals surface area contributed by atoms with E-state index in [9.17, 15) is 4.79 Å². The molecule has 1 N–H and O–H groups in total. The summed E-state index contributed by atoms with van der Waals surface area (Å²) in [6.45, 7) is 2.95. The molecule has 0 aromatic carbocycles. The van der Waals surface area contributed by atoms with Crippen LogP contribution in [-0.4, -0.2) is 47.8 Å². The van der Waals surface area contributed by atoms with Crippen LogP contribution in [0.2, 0.25) is 0 Å². The maximum Gasteiger partial charge on any atom is 0.308 e. The maximum atomic E-state index is 11.1. The van der Waals surface area contributed by atoms with Crippen molar-refractivity contribution >= 4 is 5.97 Å². The van der Waals surface area contributed by atoms with Crippen molar-refractivity contribution in [2.24, 2.45) is 5.92 Å². The Bertz CT molecular complexity index is 282. The summed E-state index contributed by atoms with van der Waals surface area (Å²) in [5, 5.41) is 9.16. The Morgan fingerprint density at radius 1 is 1.29 bits per heavy atom. The van der Waals surface area contributed by atoms with Gasteiger partial charge in [0.15, 0.2) is 0 Å². The number of methoxy groups -OCH3 is 1. The molecule has 0 spiro atoms. The van der Waals surface area contributed by atoms with Crippen molar-refractivity contribution in [3.05, 3.63) is 0 Å². The van der Waals surface area contributed by atoms with Gasteiger partial charge < -0.3 is 9.84 Å². The molecule has 2 rings (SSSR count). The topological polar surface area (TPSA) is 49.8 Å². The van der Waals surface area contributed by atoms with Crippen LogP contribution in [0, 0.1) is 5.92 Å². The molecular weight excluding hydrogens is 218 g/mol. The van der Waals surface area contributed by atoms with Gasteiger partial charge in [0.2, 0.25) is 0 Å². The Kier molecular flexibility index (Phi) is 4.05. The lowest BCUT2D eigenvalue weighted by atomic mass is 9.90. The van der Waals surface area contributed by atoms with E-state index in [1.54, 1.807) is 7.11 Å². The van der Waals surface area contributed by atoms with Crippen molar-refractivity contribution in [1.82, 2.24) is 4.90 Å². The summed E-state index contributed by atoms with van der Waals surface area (Å²) in [7, 11) is 1.78. The summed E-state index contributed by atoms with van der Waals surface area (Å²) >= 11 is 0. The van der Waals surface area contributed by atoms with E-state index in [4.69, 9.17) is 9.84 Å². The molecule has 4 unspecified atom stereocenters. The van der Waals surface area contributed by atoms with Gasteiger partial charge in [0.25, 0.3) is 0 Å². The molecule has 1 aliphatic carbocycles. The molecule has 4 atom stereocenters. The highest BCUT2D eigenvalue weighted by Crippen LogP contribution is 2.33. The van der Waals surface area contributed by atoms with Crippen LogP contribution in [0.15, 0.2) is 0 Å². The average Bonchev–Trinajstić information content (AvgIpc) is 2.71. The summed E-state index contributed by atoms with van der Waals surface area (Å²) in [5.74, 6) is -0.848. The molecule has 1 aliphatic heterocycles. The zero-order chi connectivity index (χ0) is 12.4. The first kappa shape index (κ1) is 12.8. The highest BCUT2D eigenvalue weighted by atomic mass is 16.5. The summed E-state index contributed by atoms with van der Waals surface area (Å²) in [6, 6.07) is 0.571. The van der Waals surface area contributed by atoms with Gasteiger partial charge >= 0.3 is 5.97 Å². The van der Waals surface area contributed by atoms with Crippen LogP contribution in [0.5, 0.6) is 0 Å². The maximum absolute atomic E-state index is 11.1. The molecule has 4 heteroatoms. The van der Waals surface area contributed by atoms with E-state index in [0.717, 1.165) is 25.8 Å². The highest BCUT2D eigenvalue weighted by molar-refractivity contribution is 5.71. The molecule has 1 saturated carbocycles. The first-order valence-corrected chi connectivity index (χ1v) is 6.66. The Hall–Kier alpha value is -0.610. The number of nitrogens with zero attached hydrogens (tertiary/aromatic N) is 1. The van der Waals surface area contributed by atoms with Crippen LogP contribution in [0.4, 0.5) is 0 Å². The summed E-state index contributed by atoms with van der Waals surface area (Å²) in [4.78, 5) is 13.5. The third-order valence-corrected chi connectivity index (χ3v) is 4.52. The van der Waals surface area contributed by atoms with Crippen molar-refractivity contribution in [3.8, 4) is 0 Å². The molecule has 0 amide bonds. The number of carboxylic acid groups (broad SMARTS) is 1. The lowest BCUT2D eigenvalue weighted by Crippen LogP contribution is -2.49. The summed E-state index contributed by atoms with van der Waals surface area (Å²) < 4.78 is 5.57. The number of hydrogen-bond acceptors (Lipinski definition) is 3. The zero-order valence-electron chi connectivity index (χ0n) is 10.8. The molecule has 1 saturated heterocycles. The normalized spacial score (nSPS) is 39.4. The van der Waals surface area contributed by atoms with Gasteiger partial charge in [-0.15, -0.1) is 0 Å². The minimum Gasteiger partial charge on any atom is -0.481 e. The molecular formula is C13H23NO3. The van der Waals surface area contributed by atoms with Crippen LogP contribution >= 0.6 is 0 Å². The van der Waals surface area contributed by atoms with Crippen LogP contribution in [0.1, 0.15) is 39.0 Å². The molecule has 0 aromatic rings. The van der Waals surface area contributed by atoms with Crippen LogP contribution in [0.3, 0.4) is 0 Å². The molecule has 98 valence electrons. The lowest BCUT2D eigenvalue weighted by molar-refractivity contribution is -0.142. The monoisotopic (exact) mass is 241 g/mol. The van der Waals surface area contributed by atoms with Gasteiger partial charge in [-0.2, -0.15) is 0 Å². The van der Waals surface area contributed by atoms with E-state index in [1.807, 2.05) is 6.92 Å². The molecule has 17 heavy (non-hydrogen) atoms. The van der Waals surface area contributed by atoms with Crippen LogP contribution < -0.4 is 0 Å². The Morgan fingerprint density at radius 2 is 2.00 bits per heavy atom. The van der Waals surface area contributed by atoms with Crippen molar-refractivity contribution in [2.75, 3.05) is 13.7 Å². The van der Waals surface area contributed by atoms with Gasteiger partial charge in [-0.05, 0) is 32.7 Å². The minimum absolute atomic E-state index is 0.147. The van der Waals surface area contributed by atoms with Crippen LogP contribution in [-0.2, 0) is 9.53 Å². The summed E-state index contributed by atoms with van der Waals surface area (Å²) in [6.07, 6.45) is 5.81. The van der Waals surface area contributed by atoms with E-state index >= 15 is 0 Å². The van der Waals surface area contributed by atoms with Gasteiger partial charge in [0, 0.05) is 19.2 Å². The highest BCUT2D eigenvalue weighted by Gasteiger charge is 2.41. The van der Waals surface area contributed by atoms with Crippen molar-refractivity contribution < 1.29 is 14.6 Å². The third-order valence-electron chi connectivity index (χ3n) is 4.52. The molecule has 0 aromatic heterocycles. The number of likely N-dealkylation sites (tertiary alicyclic amines) is 1. The molecule has 2 fully saturated rings. The fraction of sp³-hybridized carbons (Fsp3) is 0.923. The standard InChI is InChI=1S/C13H23NO3/c1-9-10(13(15)16)7-8-14(9)11-5-3-4-6-12(11)17-2/h9-12H,3-8H2,1-2H3,(H,15,16). The molecule has 2 aliphatic rings. The quantitative estimate of drug-likeness (QED) is 0.817. The molecule has 0 bridgehead atoms. The minimum atomic E-state index is -0.648. The first-order chi connectivity index (χ1) is 8.15. The number of aliphatic carboxylic acids is 1. The zero-order valence-corrected chi connectivity index (χ0v) is 10.8. The van der Waals surface area contributed by atoms with E-state index in [0.29, 0.717) is 12.1 Å². The average molecular weight is 241 g/mol. The second kappa shape index (κ2) is 5.36. The van der Waals surface area contributed by atoms with Crippen molar-refractivity contribution in [3.63, 3.8) is 0 Å². The SMILES string of the molecule is COC1CCCCC1N1CCC(C(=O)O)C1C. The second-order valence-corrected chi connectivity index (χ2v) is 5.34. The largest absolute Gasteiger partial charge is 0.481 e. The van der Waals surface area contributed by atoms with E-state index < -0.39 is 5.97 Å². The lowest BCUT2D eigenvalue weighted by Gasteiger charge is -2.39. The number of carbonyl (C=O) groups is 1. The van der Waals surface area contributed by atoms with E-state index in [-0.39, 0.29) is 12.0 Å². The summed E-state index contributed by atoms with van der Waals surface area (Å²) in [5.41, 5.74) is 0. The molecule has 4 nitrogen and oxygen atoms in total. The van der Waals surface area contributed by atoms with E-state index in [1.165, 1.54) is 12.8 Å². The second-order valence-electron chi connectivity index (χ2n) is 5.34. The first-order valence-electron chi connectivity index (χ1n) is 6.66. The van der Waals surface area contributed by atoms with Gasteiger partial charge in [0.05, 0.1) is 12.0 Å².